The van der Waals surface area contributed by atoms with E-state index in [0.717, 1.165) is 44.9 Å². The van der Waals surface area contributed by atoms with Gasteiger partial charge in [-0.2, -0.15) is 0 Å². The van der Waals surface area contributed by atoms with Crippen molar-refractivity contribution >= 4 is 5.97 Å². The predicted molar refractivity (Wildman–Crippen MR) is 133 cm³/mol. The van der Waals surface area contributed by atoms with Gasteiger partial charge in [0.25, 0.3) is 0 Å². The lowest BCUT2D eigenvalue weighted by molar-refractivity contribution is -0.291. The summed E-state index contributed by atoms with van der Waals surface area (Å²) in [4.78, 5) is 12.3. The lowest BCUT2D eigenvalue weighted by Gasteiger charge is -2.74. The van der Waals surface area contributed by atoms with E-state index in [0.29, 0.717) is 30.8 Å². The van der Waals surface area contributed by atoms with E-state index in [1.807, 2.05) is 6.92 Å². The summed E-state index contributed by atoms with van der Waals surface area (Å²) < 4.78 is 6.00. The van der Waals surface area contributed by atoms with Crippen LogP contribution in [0, 0.1) is 56.2 Å². The van der Waals surface area contributed by atoms with Gasteiger partial charge in [0.2, 0.25) is 0 Å². The lowest BCUT2D eigenvalue weighted by atomic mass is 9.30. The molecule has 5 saturated carbocycles. The van der Waals surface area contributed by atoms with Crippen molar-refractivity contribution in [1.82, 2.24) is 0 Å². The number of aliphatic hydroxyl groups excluding tert-OH is 1. The molecule has 1 spiro atoms. The third kappa shape index (κ3) is 2.64. The SMILES string of the molecule is C[C@@H]1[C@@]23CCC4[C@@](C)(CC[C@@]5(C)C6C[C@](C)(C(=O)O)CC[C@]6(C)CC[C@]45C)C2C[C@@H](O)[C@]1(O)OC3. The van der Waals surface area contributed by atoms with Gasteiger partial charge < -0.3 is 20.1 Å². The van der Waals surface area contributed by atoms with E-state index in [9.17, 15) is 20.1 Å². The van der Waals surface area contributed by atoms with Crippen molar-refractivity contribution < 1.29 is 24.9 Å². The number of carbonyl (C=O) groups is 1. The molecule has 0 aromatic rings. The maximum absolute atomic E-state index is 12.3. The zero-order chi connectivity index (χ0) is 25.4. The summed E-state index contributed by atoms with van der Waals surface area (Å²) in [6, 6.07) is 0. The third-order valence-electron chi connectivity index (χ3n) is 14.7. The summed E-state index contributed by atoms with van der Waals surface area (Å²) in [7, 11) is 0. The quantitative estimate of drug-likeness (QED) is 0.446. The van der Waals surface area contributed by atoms with Gasteiger partial charge in [-0.1, -0.05) is 34.6 Å². The number of carboxylic acids is 1. The van der Waals surface area contributed by atoms with Gasteiger partial charge in [-0.25, -0.2) is 0 Å². The van der Waals surface area contributed by atoms with Crippen LogP contribution < -0.4 is 0 Å². The van der Waals surface area contributed by atoms with Crippen molar-refractivity contribution in [1.29, 1.82) is 0 Å². The molecule has 6 rings (SSSR count). The topological polar surface area (TPSA) is 87.0 Å². The first-order valence-corrected chi connectivity index (χ1v) is 14.4. The number of hydrogen-bond donors (Lipinski definition) is 3. The molecule has 5 heteroatoms. The van der Waals surface area contributed by atoms with Crippen molar-refractivity contribution in [3.8, 4) is 0 Å². The van der Waals surface area contributed by atoms with Crippen LogP contribution in [-0.4, -0.2) is 39.8 Å². The monoisotopic (exact) mass is 488 g/mol. The molecule has 6 aliphatic rings. The summed E-state index contributed by atoms with van der Waals surface area (Å²) >= 11 is 0. The van der Waals surface area contributed by atoms with Crippen molar-refractivity contribution in [3.63, 3.8) is 0 Å². The van der Waals surface area contributed by atoms with Crippen LogP contribution in [0.2, 0.25) is 0 Å². The first kappa shape index (κ1) is 24.7. The van der Waals surface area contributed by atoms with Crippen LogP contribution in [0.25, 0.3) is 0 Å². The lowest BCUT2D eigenvalue weighted by Crippen LogP contribution is -2.69. The molecule has 35 heavy (non-hydrogen) atoms. The fourth-order valence-corrected chi connectivity index (χ4v) is 11.9. The third-order valence-corrected chi connectivity index (χ3v) is 14.7. The standard InChI is InChI=1S/C30H48O5/c1-18-29-8-7-19-26(4,20(29)15-22(31)30(18,34)35-17-29)12-14-28(6)21-16-25(3,23(32)33)10-9-24(21,2)11-13-27(19,28)5/h18-22,31,34H,7-17H2,1-6H3,(H,32,33)/t18-,19?,20?,21?,22-,24-,25-,26-,27-,28+,29+,30-/m1/s1. The summed E-state index contributed by atoms with van der Waals surface area (Å²) in [5.74, 6) is -0.714. The highest BCUT2D eigenvalue weighted by molar-refractivity contribution is 5.74. The first-order chi connectivity index (χ1) is 16.1. The Morgan fingerprint density at radius 1 is 0.857 bits per heavy atom. The van der Waals surface area contributed by atoms with Crippen LogP contribution in [0.3, 0.4) is 0 Å². The second-order valence-electron chi connectivity index (χ2n) is 15.5. The minimum atomic E-state index is -1.39. The highest BCUT2D eigenvalue weighted by Gasteiger charge is 2.75. The maximum atomic E-state index is 12.3. The van der Waals surface area contributed by atoms with Gasteiger partial charge in [0.1, 0.15) is 6.10 Å². The van der Waals surface area contributed by atoms with Gasteiger partial charge in [-0.05, 0) is 111 Å². The Kier molecular flexibility index (Phi) is 4.83. The highest BCUT2D eigenvalue weighted by Crippen LogP contribution is 2.79. The number of rotatable bonds is 1. The van der Waals surface area contributed by atoms with Crippen LogP contribution in [0.4, 0.5) is 0 Å². The summed E-state index contributed by atoms with van der Waals surface area (Å²) in [5, 5.41) is 32.4. The molecule has 5 nitrogen and oxygen atoms in total. The molecule has 1 saturated heterocycles. The van der Waals surface area contributed by atoms with Crippen molar-refractivity contribution in [3.05, 3.63) is 0 Å². The van der Waals surface area contributed by atoms with E-state index >= 15 is 0 Å². The van der Waals surface area contributed by atoms with E-state index < -0.39 is 23.3 Å². The smallest absolute Gasteiger partial charge is 0.309 e. The van der Waals surface area contributed by atoms with Gasteiger partial charge >= 0.3 is 5.97 Å². The van der Waals surface area contributed by atoms with Crippen LogP contribution in [0.15, 0.2) is 0 Å². The van der Waals surface area contributed by atoms with Crippen LogP contribution >= 0.6 is 0 Å². The Morgan fingerprint density at radius 2 is 1.49 bits per heavy atom. The number of ether oxygens (including phenoxy) is 1. The van der Waals surface area contributed by atoms with E-state index in [2.05, 4.69) is 34.6 Å². The number of aliphatic carboxylic acids is 1. The summed E-state index contributed by atoms with van der Waals surface area (Å²) in [6.45, 7) is 14.7. The Morgan fingerprint density at radius 3 is 2.17 bits per heavy atom. The van der Waals surface area contributed by atoms with Crippen molar-refractivity contribution in [2.75, 3.05) is 6.61 Å². The highest BCUT2D eigenvalue weighted by atomic mass is 16.6. The molecule has 0 amide bonds. The fraction of sp³-hybridized carbons (Fsp3) is 0.967. The van der Waals surface area contributed by atoms with Crippen LogP contribution in [0.1, 0.15) is 106 Å². The average Bonchev–Trinajstić information content (AvgIpc) is 2.97. The predicted octanol–water partition coefficient (Wildman–Crippen LogP) is 5.62. The second-order valence-corrected chi connectivity index (χ2v) is 15.5. The Balaban J connectivity index is 1.40. The maximum Gasteiger partial charge on any atom is 0.309 e. The zero-order valence-corrected chi connectivity index (χ0v) is 22.8. The minimum absolute atomic E-state index is 0.0424. The summed E-state index contributed by atoms with van der Waals surface area (Å²) in [5.41, 5.74) is -0.0361. The molecule has 0 radical (unpaired) electrons. The molecule has 2 bridgehead atoms. The second kappa shape index (κ2) is 6.86. The molecule has 1 heterocycles. The molecular formula is C30H48O5. The molecular weight excluding hydrogens is 440 g/mol. The molecule has 3 N–H and O–H groups in total. The summed E-state index contributed by atoms with van der Waals surface area (Å²) in [6.07, 6.45) is 9.34. The first-order valence-electron chi connectivity index (χ1n) is 14.4. The van der Waals surface area contributed by atoms with Gasteiger partial charge in [0.05, 0.1) is 12.0 Å². The van der Waals surface area contributed by atoms with E-state index in [-0.39, 0.29) is 33.0 Å². The normalized spacial score (nSPS) is 63.4. The largest absolute Gasteiger partial charge is 0.481 e. The number of aliphatic hydroxyl groups is 2. The average molecular weight is 489 g/mol. The van der Waals surface area contributed by atoms with Crippen molar-refractivity contribution in [2.45, 2.75) is 118 Å². The van der Waals surface area contributed by atoms with Crippen LogP contribution in [-0.2, 0) is 9.53 Å². The van der Waals surface area contributed by atoms with Crippen molar-refractivity contribution in [2.24, 2.45) is 56.2 Å². The van der Waals surface area contributed by atoms with Gasteiger partial charge in [-0.15, -0.1) is 0 Å². The van der Waals surface area contributed by atoms with Gasteiger partial charge in [-0.3, -0.25) is 4.79 Å². The molecule has 0 aromatic carbocycles. The minimum Gasteiger partial charge on any atom is -0.481 e. The molecule has 3 unspecified atom stereocenters. The Labute approximate surface area is 211 Å². The number of carboxylic acid groups (broad SMARTS) is 1. The Bertz CT molecular complexity index is 951. The van der Waals surface area contributed by atoms with E-state index in [1.54, 1.807) is 0 Å². The molecule has 198 valence electrons. The van der Waals surface area contributed by atoms with Gasteiger partial charge in [0, 0.05) is 11.3 Å². The zero-order valence-electron chi connectivity index (χ0n) is 22.8. The molecule has 12 atom stereocenters. The van der Waals surface area contributed by atoms with Gasteiger partial charge in [0.15, 0.2) is 5.79 Å². The number of hydrogen-bond acceptors (Lipinski definition) is 4. The van der Waals surface area contributed by atoms with E-state index in [4.69, 9.17) is 4.74 Å². The Hall–Kier alpha value is -0.650. The fourth-order valence-electron chi connectivity index (χ4n) is 11.9. The molecule has 0 aromatic heterocycles. The molecule has 5 aliphatic carbocycles. The number of fused-ring (bicyclic) bond motifs is 7. The molecule has 1 aliphatic heterocycles. The molecule has 6 fully saturated rings. The van der Waals surface area contributed by atoms with Crippen LogP contribution in [0.5, 0.6) is 0 Å². The van der Waals surface area contributed by atoms with E-state index in [1.165, 1.54) is 12.8 Å².